The van der Waals surface area contributed by atoms with Crippen LogP contribution in [0.3, 0.4) is 0 Å². The fourth-order valence-corrected chi connectivity index (χ4v) is 4.79. The van der Waals surface area contributed by atoms with E-state index in [-0.39, 0.29) is 24.0 Å². The third kappa shape index (κ3) is 5.70. The van der Waals surface area contributed by atoms with E-state index >= 15 is 0 Å². The highest BCUT2D eigenvalue weighted by Crippen LogP contribution is 2.38. The Kier molecular flexibility index (Phi) is 8.27. The lowest BCUT2D eigenvalue weighted by Gasteiger charge is -2.34. The van der Waals surface area contributed by atoms with Crippen LogP contribution < -0.4 is 5.32 Å². The number of halogens is 1. The molecule has 0 aromatic carbocycles. The molecule has 0 radical (unpaired) electrons. The summed E-state index contributed by atoms with van der Waals surface area (Å²) in [5, 5.41) is 3.50. The number of piperidine rings is 1. The van der Waals surface area contributed by atoms with Crippen molar-refractivity contribution in [1.29, 1.82) is 0 Å². The molecule has 0 aromatic heterocycles. The van der Waals surface area contributed by atoms with E-state index in [1.807, 2.05) is 0 Å². The van der Waals surface area contributed by atoms with Crippen LogP contribution in [0, 0.1) is 17.3 Å². The quantitative estimate of drug-likeness (QED) is 0.395. The van der Waals surface area contributed by atoms with Gasteiger partial charge in [-0.1, -0.05) is 13.8 Å². The van der Waals surface area contributed by atoms with Gasteiger partial charge in [0.1, 0.15) is 0 Å². The van der Waals surface area contributed by atoms with Crippen LogP contribution >= 0.6 is 24.0 Å². The summed E-state index contributed by atoms with van der Waals surface area (Å²) in [5.41, 5.74) is 0.397. The third-order valence-corrected chi connectivity index (χ3v) is 5.88. The van der Waals surface area contributed by atoms with Crippen LogP contribution in [0.25, 0.3) is 0 Å². The normalized spacial score (nSPS) is 33.7. The average molecular weight is 464 g/mol. The van der Waals surface area contributed by atoms with Gasteiger partial charge in [-0.2, -0.15) is 0 Å². The van der Waals surface area contributed by atoms with Gasteiger partial charge in [0.2, 0.25) is 0 Å². The van der Waals surface area contributed by atoms with E-state index in [4.69, 9.17) is 9.73 Å². The van der Waals surface area contributed by atoms with Crippen molar-refractivity contribution in [3.63, 3.8) is 0 Å². The van der Waals surface area contributed by atoms with Crippen LogP contribution in [0.5, 0.6) is 0 Å². The van der Waals surface area contributed by atoms with Crippen molar-refractivity contribution in [3.05, 3.63) is 0 Å². The number of nitrogens with zero attached hydrogens (tertiary/aromatic N) is 3. The lowest BCUT2D eigenvalue weighted by Crippen LogP contribution is -2.43. The molecule has 3 aliphatic rings. The molecule has 0 amide bonds. The molecular formula is C19H37IN4O. The molecule has 25 heavy (non-hydrogen) atoms. The minimum Gasteiger partial charge on any atom is -0.381 e. The van der Waals surface area contributed by atoms with Crippen molar-refractivity contribution in [1.82, 2.24) is 15.1 Å². The zero-order valence-electron chi connectivity index (χ0n) is 16.3. The molecule has 0 bridgehead atoms. The van der Waals surface area contributed by atoms with Crippen LogP contribution in [0.1, 0.15) is 40.0 Å². The summed E-state index contributed by atoms with van der Waals surface area (Å²) in [4.78, 5) is 10.0. The summed E-state index contributed by atoms with van der Waals surface area (Å²) < 4.78 is 5.66. The van der Waals surface area contributed by atoms with E-state index in [0.29, 0.717) is 5.41 Å². The second-order valence-electron chi connectivity index (χ2n) is 8.42. The smallest absolute Gasteiger partial charge is 0.193 e. The van der Waals surface area contributed by atoms with Gasteiger partial charge >= 0.3 is 0 Å². The molecule has 1 N–H and O–H groups in total. The Hall–Kier alpha value is -0.0800. The van der Waals surface area contributed by atoms with E-state index in [1.54, 1.807) is 0 Å². The van der Waals surface area contributed by atoms with Gasteiger partial charge in [0.05, 0.1) is 13.2 Å². The van der Waals surface area contributed by atoms with Crippen molar-refractivity contribution in [2.45, 2.75) is 40.0 Å². The molecule has 3 rings (SSSR count). The Labute approximate surface area is 171 Å². The minimum atomic E-state index is 0. The maximum absolute atomic E-state index is 5.66. The predicted octanol–water partition coefficient (Wildman–Crippen LogP) is 2.66. The number of guanidine groups is 1. The first-order valence-corrected chi connectivity index (χ1v) is 9.93. The van der Waals surface area contributed by atoms with Gasteiger partial charge in [-0.05, 0) is 38.0 Å². The Morgan fingerprint density at radius 2 is 2.00 bits per heavy atom. The van der Waals surface area contributed by atoms with E-state index in [9.17, 15) is 0 Å². The summed E-state index contributed by atoms with van der Waals surface area (Å²) in [7, 11) is 0. The van der Waals surface area contributed by atoms with Gasteiger partial charge in [0, 0.05) is 51.3 Å². The SMILES string of the molecule is CCNC(=NCCN1CC(C)CC(C)C1)N1CCC2(CCOC2)C1.I. The molecule has 3 heterocycles. The van der Waals surface area contributed by atoms with E-state index in [0.717, 1.165) is 63.7 Å². The fraction of sp³-hybridized carbons (Fsp3) is 0.947. The lowest BCUT2D eigenvalue weighted by molar-refractivity contribution is 0.145. The molecule has 3 saturated heterocycles. The highest BCUT2D eigenvalue weighted by atomic mass is 127. The van der Waals surface area contributed by atoms with Crippen LogP contribution in [0.2, 0.25) is 0 Å². The first-order chi connectivity index (χ1) is 11.6. The van der Waals surface area contributed by atoms with Crippen molar-refractivity contribution in [2.75, 3.05) is 59.0 Å². The molecule has 0 aromatic rings. The Balaban J connectivity index is 0.00000225. The van der Waals surface area contributed by atoms with Crippen LogP contribution in [0.15, 0.2) is 4.99 Å². The number of aliphatic imine (C=N–C) groups is 1. The number of rotatable bonds is 4. The number of nitrogens with one attached hydrogen (secondary N) is 1. The largest absolute Gasteiger partial charge is 0.381 e. The van der Waals surface area contributed by atoms with Crippen LogP contribution in [-0.2, 0) is 4.74 Å². The molecule has 3 aliphatic heterocycles. The minimum absolute atomic E-state index is 0. The average Bonchev–Trinajstić information content (AvgIpc) is 3.16. The second kappa shape index (κ2) is 9.74. The Morgan fingerprint density at radius 1 is 1.24 bits per heavy atom. The van der Waals surface area contributed by atoms with Crippen molar-refractivity contribution >= 4 is 29.9 Å². The Bertz CT molecular complexity index is 429. The standard InChI is InChI=1S/C19H36N4O.HI/c1-4-20-18(23-8-5-19(14-23)6-10-24-15-19)21-7-9-22-12-16(2)11-17(3)13-22;/h16-17H,4-15H2,1-3H3,(H,20,21);1H. The second-order valence-corrected chi connectivity index (χ2v) is 8.42. The van der Waals surface area contributed by atoms with Crippen molar-refractivity contribution in [3.8, 4) is 0 Å². The van der Waals surface area contributed by atoms with Crippen LogP contribution in [-0.4, -0.2) is 74.8 Å². The van der Waals surface area contributed by atoms with Gasteiger partial charge in [0.15, 0.2) is 5.96 Å². The Morgan fingerprint density at radius 3 is 2.64 bits per heavy atom. The first-order valence-electron chi connectivity index (χ1n) is 9.93. The van der Waals surface area contributed by atoms with Gasteiger partial charge in [-0.3, -0.25) is 4.99 Å². The number of ether oxygens (including phenoxy) is 1. The molecule has 1 spiro atoms. The topological polar surface area (TPSA) is 40.1 Å². The summed E-state index contributed by atoms with van der Waals surface area (Å²) in [6, 6.07) is 0. The van der Waals surface area contributed by atoms with Gasteiger partial charge in [0.25, 0.3) is 0 Å². The zero-order valence-corrected chi connectivity index (χ0v) is 18.6. The summed E-state index contributed by atoms with van der Waals surface area (Å²) in [6.07, 6.45) is 3.84. The zero-order chi connectivity index (χ0) is 17.0. The third-order valence-electron chi connectivity index (χ3n) is 5.88. The first kappa shape index (κ1) is 21.2. The lowest BCUT2D eigenvalue weighted by atomic mass is 9.87. The van der Waals surface area contributed by atoms with Crippen molar-refractivity contribution in [2.24, 2.45) is 22.2 Å². The molecule has 0 aliphatic carbocycles. The summed E-state index contributed by atoms with van der Waals surface area (Å²) >= 11 is 0. The van der Waals surface area contributed by atoms with Crippen molar-refractivity contribution < 1.29 is 4.74 Å². The molecule has 6 heteroatoms. The maximum atomic E-state index is 5.66. The maximum Gasteiger partial charge on any atom is 0.193 e. The number of hydrogen-bond acceptors (Lipinski definition) is 3. The highest BCUT2D eigenvalue weighted by Gasteiger charge is 2.42. The molecular weight excluding hydrogens is 427 g/mol. The number of hydrogen-bond donors (Lipinski definition) is 1. The van der Waals surface area contributed by atoms with E-state index < -0.39 is 0 Å². The molecule has 3 atom stereocenters. The molecule has 146 valence electrons. The van der Waals surface area contributed by atoms with Gasteiger partial charge in [-0.25, -0.2) is 0 Å². The van der Waals surface area contributed by atoms with E-state index in [2.05, 4.69) is 35.9 Å². The molecule has 0 saturated carbocycles. The molecule has 3 unspecified atom stereocenters. The fourth-order valence-electron chi connectivity index (χ4n) is 4.79. The molecule has 3 fully saturated rings. The van der Waals surface area contributed by atoms with Gasteiger partial charge in [-0.15, -0.1) is 24.0 Å². The predicted molar refractivity (Wildman–Crippen MR) is 115 cm³/mol. The van der Waals surface area contributed by atoms with E-state index in [1.165, 1.54) is 32.4 Å². The van der Waals surface area contributed by atoms with Crippen LogP contribution in [0.4, 0.5) is 0 Å². The van der Waals surface area contributed by atoms with Gasteiger partial charge < -0.3 is 19.9 Å². The number of likely N-dealkylation sites (tertiary alicyclic amines) is 2. The summed E-state index contributed by atoms with van der Waals surface area (Å²) in [5.74, 6) is 2.76. The molecule has 5 nitrogen and oxygen atoms in total. The summed E-state index contributed by atoms with van der Waals surface area (Å²) in [6.45, 7) is 16.4. The highest BCUT2D eigenvalue weighted by molar-refractivity contribution is 14.0. The monoisotopic (exact) mass is 464 g/mol.